The first-order valence-corrected chi connectivity index (χ1v) is 9.72. The average molecular weight is 455 g/mol. The van der Waals surface area contributed by atoms with Gasteiger partial charge in [-0.25, -0.2) is 0 Å². The number of rotatable bonds is 6. The van der Waals surface area contributed by atoms with Crippen molar-refractivity contribution in [2.45, 2.75) is 6.18 Å². The minimum atomic E-state index is -4.52. The van der Waals surface area contributed by atoms with Gasteiger partial charge in [0.25, 0.3) is 11.8 Å². The molecule has 2 amide bonds. The zero-order valence-electron chi connectivity index (χ0n) is 15.1. The molecular formula is C20H14ClF3N2O3S. The van der Waals surface area contributed by atoms with E-state index in [0.717, 1.165) is 0 Å². The van der Waals surface area contributed by atoms with Crippen molar-refractivity contribution in [2.24, 2.45) is 0 Å². The highest BCUT2D eigenvalue weighted by Crippen LogP contribution is 2.30. The number of carbonyl (C=O) groups is 2. The van der Waals surface area contributed by atoms with Crippen LogP contribution in [0.5, 0.6) is 5.75 Å². The van der Waals surface area contributed by atoms with Crippen LogP contribution in [0.4, 0.5) is 24.5 Å². The van der Waals surface area contributed by atoms with E-state index in [1.165, 1.54) is 41.7 Å². The fourth-order valence-electron chi connectivity index (χ4n) is 2.39. The molecule has 0 aliphatic rings. The summed E-state index contributed by atoms with van der Waals surface area (Å²) in [7, 11) is 0. The Bertz CT molecular complexity index is 1040. The third kappa shape index (κ3) is 5.98. The van der Waals surface area contributed by atoms with Crippen LogP contribution in [0.1, 0.15) is 20.0 Å². The Morgan fingerprint density at radius 2 is 1.73 bits per heavy atom. The first kappa shape index (κ1) is 21.7. The number of hydrogen-bond donors (Lipinski definition) is 2. The van der Waals surface area contributed by atoms with E-state index in [-0.39, 0.29) is 27.9 Å². The van der Waals surface area contributed by atoms with Gasteiger partial charge in [-0.2, -0.15) is 13.2 Å². The van der Waals surface area contributed by atoms with E-state index in [4.69, 9.17) is 16.3 Å². The van der Waals surface area contributed by atoms with Crippen LogP contribution in [0.3, 0.4) is 0 Å². The van der Waals surface area contributed by atoms with E-state index in [1.807, 2.05) is 0 Å². The highest BCUT2D eigenvalue weighted by Gasteiger charge is 2.29. The maximum atomic E-state index is 12.5. The molecule has 10 heteroatoms. The number of alkyl halides is 3. The number of anilines is 2. The molecule has 1 aromatic heterocycles. The van der Waals surface area contributed by atoms with Crippen molar-refractivity contribution >= 4 is 46.1 Å². The topological polar surface area (TPSA) is 67.4 Å². The molecule has 0 atom stereocenters. The van der Waals surface area contributed by atoms with Gasteiger partial charge in [0.05, 0.1) is 10.6 Å². The van der Waals surface area contributed by atoms with Gasteiger partial charge in [-0.15, -0.1) is 11.3 Å². The summed E-state index contributed by atoms with van der Waals surface area (Å²) >= 11 is 7.18. The summed E-state index contributed by atoms with van der Waals surface area (Å²) in [6.07, 6.45) is -4.52. The Morgan fingerprint density at radius 1 is 1.00 bits per heavy atom. The Balaban J connectivity index is 1.68. The predicted octanol–water partition coefficient (Wildman–Crippen LogP) is 5.85. The van der Waals surface area contributed by atoms with E-state index in [1.54, 1.807) is 29.6 Å². The molecule has 0 aliphatic heterocycles. The van der Waals surface area contributed by atoms with Crippen molar-refractivity contribution in [3.05, 3.63) is 75.4 Å². The third-order valence-corrected chi connectivity index (χ3v) is 4.83. The SMILES string of the molecule is O=C(Nc1cc(Cl)ccc1OCC(F)(F)F)c1ccc(NC(=O)c2cccs2)cc1. The summed E-state index contributed by atoms with van der Waals surface area (Å²) in [6, 6.07) is 13.4. The van der Waals surface area contributed by atoms with Gasteiger partial charge in [-0.3, -0.25) is 9.59 Å². The molecule has 0 aliphatic carbocycles. The lowest BCUT2D eigenvalue weighted by atomic mass is 10.2. The lowest BCUT2D eigenvalue weighted by molar-refractivity contribution is -0.153. The summed E-state index contributed by atoms with van der Waals surface area (Å²) in [5.74, 6) is -1.01. The van der Waals surface area contributed by atoms with Gasteiger partial charge in [0, 0.05) is 16.3 Å². The summed E-state index contributed by atoms with van der Waals surface area (Å²) in [5.41, 5.74) is 0.722. The largest absolute Gasteiger partial charge is 0.482 e. The van der Waals surface area contributed by atoms with Crippen LogP contribution in [0.15, 0.2) is 60.0 Å². The lowest BCUT2D eigenvalue weighted by Gasteiger charge is -2.14. The maximum absolute atomic E-state index is 12.5. The van der Waals surface area contributed by atoms with E-state index < -0.39 is 18.7 Å². The van der Waals surface area contributed by atoms with Crippen molar-refractivity contribution < 1.29 is 27.5 Å². The second-order valence-electron chi connectivity index (χ2n) is 6.01. The highest BCUT2D eigenvalue weighted by molar-refractivity contribution is 7.12. The van der Waals surface area contributed by atoms with Crippen LogP contribution in [-0.4, -0.2) is 24.6 Å². The number of thiophene rings is 1. The van der Waals surface area contributed by atoms with Gasteiger partial charge in [0.15, 0.2) is 6.61 Å². The van der Waals surface area contributed by atoms with Crippen LogP contribution in [0, 0.1) is 0 Å². The predicted molar refractivity (Wildman–Crippen MR) is 110 cm³/mol. The van der Waals surface area contributed by atoms with Gasteiger partial charge < -0.3 is 15.4 Å². The fourth-order valence-corrected chi connectivity index (χ4v) is 3.18. The van der Waals surface area contributed by atoms with E-state index in [9.17, 15) is 22.8 Å². The molecule has 0 radical (unpaired) electrons. The minimum absolute atomic E-state index is 0.00632. The normalized spacial score (nSPS) is 11.1. The number of ether oxygens (including phenoxy) is 1. The lowest BCUT2D eigenvalue weighted by Crippen LogP contribution is -2.20. The molecule has 3 rings (SSSR count). The summed E-state index contributed by atoms with van der Waals surface area (Å²) in [5, 5.41) is 7.19. The van der Waals surface area contributed by atoms with E-state index in [0.29, 0.717) is 10.6 Å². The van der Waals surface area contributed by atoms with Gasteiger partial charge in [-0.05, 0) is 53.9 Å². The smallest absolute Gasteiger partial charge is 0.422 e. The number of hydrogen-bond acceptors (Lipinski definition) is 4. The Morgan fingerprint density at radius 3 is 2.37 bits per heavy atom. The first-order valence-electron chi connectivity index (χ1n) is 8.47. The third-order valence-electron chi connectivity index (χ3n) is 3.73. The molecule has 0 bridgehead atoms. The molecule has 0 spiro atoms. The molecule has 3 aromatic rings. The Kier molecular flexibility index (Phi) is 6.63. The summed E-state index contributed by atoms with van der Waals surface area (Å²) in [6.45, 7) is -1.50. The van der Waals surface area contributed by atoms with Gasteiger partial charge >= 0.3 is 6.18 Å². The number of benzene rings is 2. The molecule has 5 nitrogen and oxygen atoms in total. The van der Waals surface area contributed by atoms with Crippen molar-refractivity contribution in [3.8, 4) is 5.75 Å². The maximum Gasteiger partial charge on any atom is 0.422 e. The van der Waals surface area contributed by atoms with Crippen molar-refractivity contribution in [3.63, 3.8) is 0 Å². The van der Waals surface area contributed by atoms with Crippen LogP contribution in [0.2, 0.25) is 5.02 Å². The second-order valence-corrected chi connectivity index (χ2v) is 7.39. The minimum Gasteiger partial charge on any atom is -0.482 e. The monoisotopic (exact) mass is 454 g/mol. The van der Waals surface area contributed by atoms with Crippen LogP contribution in [-0.2, 0) is 0 Å². The van der Waals surface area contributed by atoms with Crippen molar-refractivity contribution in [1.29, 1.82) is 0 Å². The van der Waals surface area contributed by atoms with E-state index >= 15 is 0 Å². The summed E-state index contributed by atoms with van der Waals surface area (Å²) in [4.78, 5) is 25.1. The average Bonchev–Trinajstić information content (AvgIpc) is 3.22. The standard InChI is InChI=1S/C20H14ClF3N2O3S/c21-13-5-8-16(29-11-20(22,23)24)15(10-13)26-18(27)12-3-6-14(7-4-12)25-19(28)17-2-1-9-30-17/h1-10H,11H2,(H,25,28)(H,26,27). The number of carbonyl (C=O) groups excluding carboxylic acids is 2. The molecule has 1 heterocycles. The zero-order valence-corrected chi connectivity index (χ0v) is 16.7. The first-order chi connectivity index (χ1) is 14.2. The molecule has 0 saturated heterocycles. The molecule has 2 aromatic carbocycles. The zero-order chi connectivity index (χ0) is 21.7. The molecule has 156 valence electrons. The quantitative estimate of drug-likeness (QED) is 0.491. The Hall–Kier alpha value is -3.04. The summed E-state index contributed by atoms with van der Waals surface area (Å²) < 4.78 is 42.0. The molecule has 2 N–H and O–H groups in total. The second kappa shape index (κ2) is 9.19. The highest BCUT2D eigenvalue weighted by atomic mass is 35.5. The van der Waals surface area contributed by atoms with Gasteiger partial charge in [0.1, 0.15) is 5.75 Å². The number of amides is 2. The van der Waals surface area contributed by atoms with Crippen LogP contribution >= 0.6 is 22.9 Å². The molecule has 0 saturated carbocycles. The number of halogens is 4. The number of nitrogens with one attached hydrogen (secondary N) is 2. The van der Waals surface area contributed by atoms with Crippen molar-refractivity contribution in [1.82, 2.24) is 0 Å². The molecular weight excluding hydrogens is 441 g/mol. The fraction of sp³-hybridized carbons (Fsp3) is 0.100. The molecule has 0 unspecified atom stereocenters. The van der Waals surface area contributed by atoms with Crippen LogP contribution < -0.4 is 15.4 Å². The van der Waals surface area contributed by atoms with Gasteiger partial charge in [0.2, 0.25) is 0 Å². The van der Waals surface area contributed by atoms with Crippen LogP contribution in [0.25, 0.3) is 0 Å². The van der Waals surface area contributed by atoms with Gasteiger partial charge in [-0.1, -0.05) is 17.7 Å². The van der Waals surface area contributed by atoms with E-state index in [2.05, 4.69) is 10.6 Å². The Labute approximate surface area is 178 Å². The molecule has 30 heavy (non-hydrogen) atoms. The molecule has 0 fully saturated rings. The van der Waals surface area contributed by atoms with Crippen molar-refractivity contribution in [2.75, 3.05) is 17.2 Å².